The number of aliphatic hydroxyl groups is 1. The van der Waals surface area contributed by atoms with E-state index in [2.05, 4.69) is 18.7 Å². The van der Waals surface area contributed by atoms with Crippen molar-refractivity contribution in [3.05, 3.63) is 35.2 Å². The molecule has 1 fully saturated rings. The third kappa shape index (κ3) is 3.10. The summed E-state index contributed by atoms with van der Waals surface area (Å²) in [6.45, 7) is 6.59. The summed E-state index contributed by atoms with van der Waals surface area (Å²) in [7, 11) is 0. The average Bonchev–Trinajstić information content (AvgIpc) is 2.91. The van der Waals surface area contributed by atoms with Crippen molar-refractivity contribution >= 4 is 16.5 Å². The van der Waals surface area contributed by atoms with Gasteiger partial charge in [-0.2, -0.15) is 0 Å². The molecule has 112 valence electrons. The van der Waals surface area contributed by atoms with Crippen molar-refractivity contribution in [3.63, 3.8) is 0 Å². The van der Waals surface area contributed by atoms with Crippen LogP contribution < -0.4 is 4.90 Å². The average molecular weight is 304 g/mol. The largest absolute Gasteiger partial charge is 0.391 e. The van der Waals surface area contributed by atoms with Gasteiger partial charge in [-0.05, 0) is 13.8 Å². The van der Waals surface area contributed by atoms with E-state index in [1.54, 1.807) is 11.3 Å². The summed E-state index contributed by atoms with van der Waals surface area (Å²) >= 11 is 1.57. The monoisotopic (exact) mass is 304 g/mol. The number of thiazole rings is 1. The molecule has 2 heterocycles. The lowest BCUT2D eigenvalue weighted by Gasteiger charge is -2.38. The molecule has 0 saturated carbocycles. The van der Waals surface area contributed by atoms with Crippen molar-refractivity contribution in [2.75, 3.05) is 24.6 Å². The topological polar surface area (TPSA) is 45.6 Å². The summed E-state index contributed by atoms with van der Waals surface area (Å²) in [4.78, 5) is 7.94. The zero-order chi connectivity index (χ0) is 14.9. The van der Waals surface area contributed by atoms with E-state index >= 15 is 0 Å². The van der Waals surface area contributed by atoms with E-state index in [0.717, 1.165) is 34.4 Å². The van der Waals surface area contributed by atoms with Gasteiger partial charge in [0, 0.05) is 18.7 Å². The van der Waals surface area contributed by atoms with Gasteiger partial charge in [0.2, 0.25) is 0 Å². The molecular weight excluding hydrogens is 284 g/mol. The highest BCUT2D eigenvalue weighted by molar-refractivity contribution is 7.16. The molecule has 5 heteroatoms. The van der Waals surface area contributed by atoms with E-state index in [1.807, 2.05) is 30.3 Å². The van der Waals surface area contributed by atoms with Crippen molar-refractivity contribution < 1.29 is 9.84 Å². The maximum atomic E-state index is 9.62. The van der Waals surface area contributed by atoms with Gasteiger partial charge in [0.15, 0.2) is 5.13 Å². The summed E-state index contributed by atoms with van der Waals surface area (Å²) in [5.41, 5.74) is 1.79. The van der Waals surface area contributed by atoms with E-state index in [9.17, 15) is 5.11 Å². The van der Waals surface area contributed by atoms with Crippen LogP contribution in [0.15, 0.2) is 30.3 Å². The number of morpholine rings is 1. The molecule has 2 aromatic rings. The van der Waals surface area contributed by atoms with Gasteiger partial charge >= 0.3 is 0 Å². The first kappa shape index (κ1) is 14.5. The van der Waals surface area contributed by atoms with E-state index in [0.29, 0.717) is 6.61 Å². The standard InChI is InChI=1S/C16H20N2O2S/c1-16(2)11-18(8-9-20-16)15-17-14(13(10-19)21-15)12-6-4-3-5-7-12/h3-7,19H,8-11H2,1-2H3. The van der Waals surface area contributed by atoms with Crippen LogP contribution in [0.2, 0.25) is 0 Å². The van der Waals surface area contributed by atoms with Crippen LogP contribution in [0.1, 0.15) is 18.7 Å². The van der Waals surface area contributed by atoms with Crippen molar-refractivity contribution in [2.45, 2.75) is 26.1 Å². The van der Waals surface area contributed by atoms with Crippen molar-refractivity contribution in [1.82, 2.24) is 4.98 Å². The highest BCUT2D eigenvalue weighted by Gasteiger charge is 2.29. The zero-order valence-corrected chi connectivity index (χ0v) is 13.2. The first-order chi connectivity index (χ1) is 10.1. The highest BCUT2D eigenvalue weighted by atomic mass is 32.1. The smallest absolute Gasteiger partial charge is 0.186 e. The quantitative estimate of drug-likeness (QED) is 0.947. The molecule has 0 atom stereocenters. The molecule has 0 unspecified atom stereocenters. The number of aromatic nitrogens is 1. The van der Waals surface area contributed by atoms with Crippen molar-refractivity contribution in [1.29, 1.82) is 0 Å². The lowest BCUT2D eigenvalue weighted by Crippen LogP contribution is -2.48. The van der Waals surface area contributed by atoms with Gasteiger partial charge in [-0.1, -0.05) is 41.7 Å². The predicted octanol–water partition coefficient (Wildman–Crippen LogP) is 2.92. The molecule has 1 saturated heterocycles. The molecule has 1 aliphatic heterocycles. The van der Waals surface area contributed by atoms with Gasteiger partial charge in [0.1, 0.15) is 0 Å². The van der Waals surface area contributed by atoms with Crippen molar-refractivity contribution in [3.8, 4) is 11.3 Å². The van der Waals surface area contributed by atoms with Gasteiger partial charge < -0.3 is 14.7 Å². The Balaban J connectivity index is 1.93. The Bertz CT molecular complexity index is 610. The normalized spacial score (nSPS) is 18.0. The fourth-order valence-corrected chi connectivity index (χ4v) is 3.55. The lowest BCUT2D eigenvalue weighted by atomic mass is 10.1. The van der Waals surface area contributed by atoms with E-state index in [1.165, 1.54) is 0 Å². The Kier molecular flexibility index (Phi) is 3.97. The van der Waals surface area contributed by atoms with E-state index in [4.69, 9.17) is 9.72 Å². The molecule has 21 heavy (non-hydrogen) atoms. The molecule has 0 aliphatic carbocycles. The highest BCUT2D eigenvalue weighted by Crippen LogP contribution is 2.34. The number of nitrogens with zero attached hydrogens (tertiary/aromatic N) is 2. The van der Waals surface area contributed by atoms with Gasteiger partial charge in [0.05, 0.1) is 29.4 Å². The number of ether oxygens (including phenoxy) is 1. The maximum absolute atomic E-state index is 9.62. The Morgan fingerprint density at radius 2 is 2.10 bits per heavy atom. The third-order valence-corrected chi connectivity index (χ3v) is 4.67. The fourth-order valence-electron chi connectivity index (χ4n) is 2.58. The fraction of sp³-hybridized carbons (Fsp3) is 0.438. The minimum absolute atomic E-state index is 0.0234. The summed E-state index contributed by atoms with van der Waals surface area (Å²) < 4.78 is 5.75. The van der Waals surface area contributed by atoms with Gasteiger partial charge in [0.25, 0.3) is 0 Å². The van der Waals surface area contributed by atoms with Crippen LogP contribution >= 0.6 is 11.3 Å². The van der Waals surface area contributed by atoms with E-state index < -0.39 is 0 Å². The number of rotatable bonds is 3. The first-order valence-corrected chi connectivity index (χ1v) is 7.95. The molecule has 0 radical (unpaired) electrons. The summed E-state index contributed by atoms with van der Waals surface area (Å²) in [6.07, 6.45) is 0. The Morgan fingerprint density at radius 1 is 1.33 bits per heavy atom. The summed E-state index contributed by atoms with van der Waals surface area (Å²) in [6, 6.07) is 10.0. The van der Waals surface area contributed by atoms with Gasteiger partial charge in [-0.15, -0.1) is 0 Å². The van der Waals surface area contributed by atoms with E-state index in [-0.39, 0.29) is 12.2 Å². The SMILES string of the molecule is CC1(C)CN(c2nc(-c3ccccc3)c(CO)s2)CCO1. The van der Waals surface area contributed by atoms with Gasteiger partial charge in [-0.25, -0.2) is 4.98 Å². The molecule has 3 rings (SSSR count). The van der Waals surface area contributed by atoms with Crippen LogP contribution in [0, 0.1) is 0 Å². The first-order valence-electron chi connectivity index (χ1n) is 7.14. The van der Waals surface area contributed by atoms with Crippen LogP contribution in [0.3, 0.4) is 0 Å². The minimum atomic E-state index is -0.157. The second-order valence-electron chi connectivity index (χ2n) is 5.82. The Labute approximate surface area is 129 Å². The Morgan fingerprint density at radius 3 is 2.76 bits per heavy atom. The molecular formula is C16H20N2O2S. The number of anilines is 1. The molecule has 0 bridgehead atoms. The molecule has 1 N–H and O–H groups in total. The second-order valence-corrected chi connectivity index (χ2v) is 6.88. The molecule has 1 aliphatic rings. The van der Waals surface area contributed by atoms with Crippen LogP contribution in [-0.4, -0.2) is 35.4 Å². The van der Waals surface area contributed by atoms with Crippen LogP contribution in [0.4, 0.5) is 5.13 Å². The number of hydrogen-bond donors (Lipinski definition) is 1. The second kappa shape index (κ2) is 5.75. The number of benzene rings is 1. The van der Waals surface area contributed by atoms with Crippen LogP contribution in [-0.2, 0) is 11.3 Å². The maximum Gasteiger partial charge on any atom is 0.186 e. The van der Waals surface area contributed by atoms with Crippen LogP contribution in [0.25, 0.3) is 11.3 Å². The number of hydrogen-bond acceptors (Lipinski definition) is 5. The summed E-state index contributed by atoms with van der Waals surface area (Å²) in [5.74, 6) is 0. The molecule has 1 aromatic carbocycles. The van der Waals surface area contributed by atoms with Gasteiger partial charge in [-0.3, -0.25) is 0 Å². The Hall–Kier alpha value is -1.43. The predicted molar refractivity (Wildman–Crippen MR) is 85.7 cm³/mol. The van der Waals surface area contributed by atoms with Crippen molar-refractivity contribution in [2.24, 2.45) is 0 Å². The summed E-state index contributed by atoms with van der Waals surface area (Å²) in [5, 5.41) is 10.6. The molecule has 4 nitrogen and oxygen atoms in total. The number of aliphatic hydroxyl groups excluding tert-OH is 1. The zero-order valence-electron chi connectivity index (χ0n) is 12.4. The minimum Gasteiger partial charge on any atom is -0.391 e. The lowest BCUT2D eigenvalue weighted by molar-refractivity contribution is -0.0276. The molecule has 1 aromatic heterocycles. The van der Waals surface area contributed by atoms with Crippen LogP contribution in [0.5, 0.6) is 0 Å². The third-order valence-electron chi connectivity index (χ3n) is 3.57. The molecule has 0 amide bonds. The molecule has 0 spiro atoms.